The second kappa shape index (κ2) is 9.56. The zero-order valence-corrected chi connectivity index (χ0v) is 21.4. The number of amides is 1. The molecule has 2 fully saturated rings. The Labute approximate surface area is 212 Å². The molecule has 0 saturated carbocycles. The Hall–Kier alpha value is -3.01. The first-order valence-electron chi connectivity index (χ1n) is 11.5. The van der Waals surface area contributed by atoms with Crippen LogP contribution in [0.3, 0.4) is 0 Å². The molecule has 1 unspecified atom stereocenters. The lowest BCUT2D eigenvalue weighted by Crippen LogP contribution is -2.35. The zero-order valence-electron chi connectivity index (χ0n) is 19.7. The van der Waals surface area contributed by atoms with Crippen molar-refractivity contribution >= 4 is 45.9 Å². The largest absolute Gasteiger partial charge is 0.438 e. The van der Waals surface area contributed by atoms with Gasteiger partial charge in [-0.25, -0.2) is 0 Å². The third kappa shape index (κ3) is 4.76. The topological polar surface area (TPSA) is 73.1 Å². The van der Waals surface area contributed by atoms with Crippen LogP contribution in [0.15, 0.2) is 46.2 Å². The highest BCUT2D eigenvalue weighted by molar-refractivity contribution is 8.26. The second-order valence-corrected chi connectivity index (χ2v) is 10.5. The van der Waals surface area contributed by atoms with Crippen molar-refractivity contribution in [2.45, 2.75) is 39.7 Å². The number of carbonyl (C=O) groups excluding carboxylic acids is 1. The normalized spacial score (nSPS) is 19.3. The van der Waals surface area contributed by atoms with Gasteiger partial charge >= 0.3 is 0 Å². The Balaban J connectivity index is 1.59. The smallest absolute Gasteiger partial charge is 0.269 e. The molecule has 35 heavy (non-hydrogen) atoms. The van der Waals surface area contributed by atoms with Crippen molar-refractivity contribution in [3.8, 4) is 11.6 Å². The molecule has 2 aromatic heterocycles. The Bertz CT molecular complexity index is 1420. The first-order chi connectivity index (χ1) is 16.8. The lowest BCUT2D eigenvalue weighted by molar-refractivity contribution is -0.123. The standard InChI is InChI=1S/C26H25N3O4S2/c1-15-10-16(2)12-19(11-15)33-23-20(24(30)28-8-4-6-17(3)22(28)27-23)13-21-25(31)29(26(34)35-21)14-18-7-5-9-32-18/h4,6,8,10-13,18H,5,7,9,14H2,1-3H3/b21-13+. The minimum atomic E-state index is -0.317. The summed E-state index contributed by atoms with van der Waals surface area (Å²) in [5.41, 5.74) is 3.28. The number of hydrogen-bond donors (Lipinski definition) is 0. The summed E-state index contributed by atoms with van der Waals surface area (Å²) in [6.07, 6.45) is 5.08. The summed E-state index contributed by atoms with van der Waals surface area (Å²) in [5, 5.41) is 0. The number of hydrogen-bond acceptors (Lipinski definition) is 7. The van der Waals surface area contributed by atoms with Gasteiger partial charge in [0.05, 0.1) is 17.6 Å². The van der Waals surface area contributed by atoms with Crippen molar-refractivity contribution in [1.29, 1.82) is 0 Å². The molecule has 4 heterocycles. The summed E-state index contributed by atoms with van der Waals surface area (Å²) >= 11 is 6.66. The molecule has 0 bridgehead atoms. The lowest BCUT2D eigenvalue weighted by Gasteiger charge is -2.18. The SMILES string of the molecule is Cc1cc(C)cc(Oc2nc3c(C)cccn3c(=O)c2/C=C2/SC(=S)N(CC3CCCO3)C2=O)c1. The molecule has 5 rings (SSSR count). The number of thioether (sulfide) groups is 1. The molecule has 0 N–H and O–H groups in total. The highest BCUT2D eigenvalue weighted by Gasteiger charge is 2.35. The van der Waals surface area contributed by atoms with Crippen LogP contribution in [0.4, 0.5) is 0 Å². The number of aromatic nitrogens is 2. The second-order valence-electron chi connectivity index (χ2n) is 8.87. The third-order valence-corrected chi connectivity index (χ3v) is 7.40. The van der Waals surface area contributed by atoms with E-state index in [9.17, 15) is 9.59 Å². The van der Waals surface area contributed by atoms with E-state index in [0.29, 0.717) is 33.8 Å². The number of rotatable bonds is 5. The van der Waals surface area contributed by atoms with Crippen molar-refractivity contribution < 1.29 is 14.3 Å². The van der Waals surface area contributed by atoms with Gasteiger partial charge in [-0.05, 0) is 74.6 Å². The molecule has 2 saturated heterocycles. The van der Waals surface area contributed by atoms with Gasteiger partial charge in [0.15, 0.2) is 0 Å². The maximum Gasteiger partial charge on any atom is 0.269 e. The molecule has 0 spiro atoms. The van der Waals surface area contributed by atoms with Crippen LogP contribution < -0.4 is 10.3 Å². The first-order valence-corrected chi connectivity index (χ1v) is 12.7. The molecule has 9 heteroatoms. The first kappa shape index (κ1) is 23.7. The molecule has 180 valence electrons. The van der Waals surface area contributed by atoms with Crippen molar-refractivity contribution in [3.05, 3.63) is 74.0 Å². The van der Waals surface area contributed by atoms with Crippen LogP contribution in [0.1, 0.15) is 35.1 Å². The number of aryl methyl sites for hydroxylation is 3. The Morgan fingerprint density at radius 1 is 1.23 bits per heavy atom. The summed E-state index contributed by atoms with van der Waals surface area (Å²) < 4.78 is 13.8. The Morgan fingerprint density at radius 2 is 2.00 bits per heavy atom. The molecule has 1 amide bonds. The number of nitrogens with zero attached hydrogens (tertiary/aromatic N) is 3. The minimum absolute atomic E-state index is 0.0174. The number of pyridine rings is 1. The van der Waals surface area contributed by atoms with E-state index in [0.717, 1.165) is 29.5 Å². The Kier molecular flexibility index (Phi) is 6.48. The van der Waals surface area contributed by atoms with E-state index >= 15 is 0 Å². The van der Waals surface area contributed by atoms with E-state index in [4.69, 9.17) is 21.7 Å². The zero-order chi connectivity index (χ0) is 24.7. The van der Waals surface area contributed by atoms with E-state index in [1.165, 1.54) is 16.2 Å². The van der Waals surface area contributed by atoms with Gasteiger partial charge in [-0.15, -0.1) is 0 Å². The van der Waals surface area contributed by atoms with E-state index in [1.807, 2.05) is 45.0 Å². The predicted octanol–water partition coefficient (Wildman–Crippen LogP) is 4.79. The summed E-state index contributed by atoms with van der Waals surface area (Å²) in [7, 11) is 0. The van der Waals surface area contributed by atoms with Gasteiger partial charge in [0.1, 0.15) is 21.3 Å². The maximum absolute atomic E-state index is 13.6. The summed E-state index contributed by atoms with van der Waals surface area (Å²) in [6, 6.07) is 9.50. The van der Waals surface area contributed by atoms with E-state index in [-0.39, 0.29) is 29.0 Å². The van der Waals surface area contributed by atoms with Gasteiger partial charge in [0.2, 0.25) is 5.88 Å². The molecular formula is C26H25N3O4S2. The highest BCUT2D eigenvalue weighted by Crippen LogP contribution is 2.35. The van der Waals surface area contributed by atoms with Crippen LogP contribution in [0, 0.1) is 20.8 Å². The van der Waals surface area contributed by atoms with Crippen LogP contribution in [0.2, 0.25) is 0 Å². The minimum Gasteiger partial charge on any atom is -0.438 e. The van der Waals surface area contributed by atoms with E-state index in [1.54, 1.807) is 23.2 Å². The monoisotopic (exact) mass is 507 g/mol. The van der Waals surface area contributed by atoms with Crippen LogP contribution in [0.25, 0.3) is 11.7 Å². The van der Waals surface area contributed by atoms with E-state index < -0.39 is 0 Å². The van der Waals surface area contributed by atoms with Gasteiger partial charge in [-0.1, -0.05) is 36.1 Å². The quantitative estimate of drug-likeness (QED) is 0.363. The van der Waals surface area contributed by atoms with Crippen molar-refractivity contribution in [1.82, 2.24) is 14.3 Å². The molecule has 2 aliphatic rings. The third-order valence-electron chi connectivity index (χ3n) is 6.02. The maximum atomic E-state index is 13.6. The summed E-state index contributed by atoms with van der Waals surface area (Å²) in [6.45, 7) is 6.97. The average molecular weight is 508 g/mol. The van der Waals surface area contributed by atoms with Crippen molar-refractivity contribution in [2.75, 3.05) is 13.2 Å². The predicted molar refractivity (Wildman–Crippen MR) is 141 cm³/mol. The summed E-state index contributed by atoms with van der Waals surface area (Å²) in [4.78, 5) is 33.4. The number of thiocarbonyl (C=S) groups is 1. The van der Waals surface area contributed by atoms with Crippen LogP contribution >= 0.6 is 24.0 Å². The van der Waals surface area contributed by atoms with Crippen molar-refractivity contribution in [3.63, 3.8) is 0 Å². The van der Waals surface area contributed by atoms with Gasteiger partial charge < -0.3 is 9.47 Å². The average Bonchev–Trinajstić information content (AvgIpc) is 3.40. The van der Waals surface area contributed by atoms with Crippen LogP contribution in [-0.4, -0.2) is 43.8 Å². The fourth-order valence-corrected chi connectivity index (χ4v) is 5.63. The molecule has 7 nitrogen and oxygen atoms in total. The Morgan fingerprint density at radius 3 is 2.71 bits per heavy atom. The van der Waals surface area contributed by atoms with Gasteiger partial charge in [-0.2, -0.15) is 4.98 Å². The number of carbonyl (C=O) groups is 1. The molecule has 3 aromatic rings. The lowest BCUT2D eigenvalue weighted by atomic mass is 10.1. The van der Waals surface area contributed by atoms with Gasteiger partial charge in [-0.3, -0.25) is 18.9 Å². The number of ether oxygens (including phenoxy) is 2. The van der Waals surface area contributed by atoms with Gasteiger partial charge in [0.25, 0.3) is 11.5 Å². The van der Waals surface area contributed by atoms with Crippen LogP contribution in [-0.2, 0) is 9.53 Å². The molecule has 2 aliphatic heterocycles. The molecule has 0 aliphatic carbocycles. The van der Waals surface area contributed by atoms with Crippen molar-refractivity contribution in [2.24, 2.45) is 0 Å². The van der Waals surface area contributed by atoms with Gasteiger partial charge in [0, 0.05) is 12.8 Å². The van der Waals surface area contributed by atoms with Crippen LogP contribution in [0.5, 0.6) is 11.6 Å². The fourth-order valence-electron chi connectivity index (χ4n) is 4.38. The fraction of sp³-hybridized carbons (Fsp3) is 0.308. The highest BCUT2D eigenvalue weighted by atomic mass is 32.2. The number of benzene rings is 1. The van der Waals surface area contributed by atoms with E-state index in [2.05, 4.69) is 4.98 Å². The molecule has 1 atom stereocenters. The number of fused-ring (bicyclic) bond motifs is 1. The molecule has 0 radical (unpaired) electrons. The molecule has 1 aromatic carbocycles. The summed E-state index contributed by atoms with van der Waals surface area (Å²) in [5.74, 6) is 0.494. The molecular weight excluding hydrogens is 482 g/mol.